The molecule has 1 heterocycles. The van der Waals surface area contributed by atoms with E-state index in [2.05, 4.69) is 24.9 Å². The summed E-state index contributed by atoms with van der Waals surface area (Å²) in [5.74, 6) is -0.708. The first-order valence-corrected chi connectivity index (χ1v) is 6.45. The van der Waals surface area contributed by atoms with Crippen molar-refractivity contribution < 1.29 is 9.90 Å². The number of aryl methyl sites for hydroxylation is 2. The molecule has 2 aliphatic carbocycles. The Morgan fingerprint density at radius 3 is 2.71 bits per heavy atom. The van der Waals surface area contributed by atoms with Crippen LogP contribution in [0.15, 0.2) is 6.07 Å². The highest BCUT2D eigenvalue weighted by Crippen LogP contribution is 2.64. The summed E-state index contributed by atoms with van der Waals surface area (Å²) in [5.41, 5.74) is 3.81. The van der Waals surface area contributed by atoms with Crippen molar-refractivity contribution in [3.63, 3.8) is 0 Å². The van der Waals surface area contributed by atoms with Crippen molar-refractivity contribution in [2.45, 2.75) is 45.4 Å². The minimum Gasteiger partial charge on any atom is -0.481 e. The summed E-state index contributed by atoms with van der Waals surface area (Å²) in [6.45, 7) is 4.10. The van der Waals surface area contributed by atoms with Crippen molar-refractivity contribution in [1.29, 1.82) is 0 Å². The Bertz CT molecular complexity index is 449. The van der Waals surface area contributed by atoms with Gasteiger partial charge >= 0.3 is 5.97 Å². The Morgan fingerprint density at radius 1 is 1.41 bits per heavy atom. The van der Waals surface area contributed by atoms with Crippen molar-refractivity contribution in [2.24, 2.45) is 11.3 Å². The third-order valence-electron chi connectivity index (χ3n) is 4.56. The van der Waals surface area contributed by atoms with Gasteiger partial charge in [0.1, 0.15) is 0 Å². The maximum atomic E-state index is 11.2. The molecule has 1 aromatic heterocycles. The summed E-state index contributed by atoms with van der Waals surface area (Å²) in [7, 11) is 0. The molecule has 17 heavy (non-hydrogen) atoms. The van der Waals surface area contributed by atoms with Crippen LogP contribution in [0.3, 0.4) is 0 Å². The number of carboxylic acids is 1. The number of hydrogen-bond donors (Lipinski definition) is 2. The Labute approximate surface area is 101 Å². The van der Waals surface area contributed by atoms with Crippen molar-refractivity contribution in [2.75, 3.05) is 0 Å². The molecule has 3 rings (SSSR count). The van der Waals surface area contributed by atoms with Gasteiger partial charge in [0.2, 0.25) is 0 Å². The molecule has 0 aromatic carbocycles. The number of carbonyl (C=O) groups is 1. The van der Waals surface area contributed by atoms with Crippen molar-refractivity contribution in [3.05, 3.63) is 23.0 Å². The maximum absolute atomic E-state index is 11.2. The molecule has 2 N–H and O–H groups in total. The molecule has 0 saturated heterocycles. The predicted octanol–water partition coefficient (Wildman–Crippen LogP) is 2.72. The summed E-state index contributed by atoms with van der Waals surface area (Å²) in [6.07, 6.45) is 4.79. The van der Waals surface area contributed by atoms with Crippen molar-refractivity contribution >= 4 is 5.97 Å². The Morgan fingerprint density at radius 2 is 2.12 bits per heavy atom. The van der Waals surface area contributed by atoms with Crippen molar-refractivity contribution in [1.82, 2.24) is 4.98 Å². The fourth-order valence-corrected chi connectivity index (χ4v) is 3.48. The predicted molar refractivity (Wildman–Crippen MR) is 65.1 cm³/mol. The molecule has 0 amide bonds. The lowest BCUT2D eigenvalue weighted by molar-refractivity contribution is -0.139. The van der Waals surface area contributed by atoms with Crippen LogP contribution in [-0.2, 0) is 17.6 Å². The lowest BCUT2D eigenvalue weighted by Gasteiger charge is -2.09. The normalized spacial score (nSPS) is 29.8. The number of nitrogens with one attached hydrogen (secondary N) is 1. The van der Waals surface area contributed by atoms with Gasteiger partial charge in [0.05, 0.1) is 5.92 Å². The molecule has 0 radical (unpaired) electrons. The van der Waals surface area contributed by atoms with E-state index in [1.807, 2.05) is 0 Å². The quantitative estimate of drug-likeness (QED) is 0.825. The topological polar surface area (TPSA) is 53.1 Å². The lowest BCUT2D eigenvalue weighted by atomic mass is 9.98. The van der Waals surface area contributed by atoms with Gasteiger partial charge < -0.3 is 10.1 Å². The second kappa shape index (κ2) is 3.37. The second-order valence-electron chi connectivity index (χ2n) is 6.05. The van der Waals surface area contributed by atoms with E-state index in [1.165, 1.54) is 24.1 Å². The Kier molecular flexibility index (Phi) is 2.16. The SMILES string of the molecule is CC1(C)C(C(=O)O)C1c1cc2c([nH]1)CCCC2. The van der Waals surface area contributed by atoms with Crippen LogP contribution in [0.5, 0.6) is 0 Å². The summed E-state index contributed by atoms with van der Waals surface area (Å²) < 4.78 is 0. The van der Waals surface area contributed by atoms with E-state index in [1.54, 1.807) is 0 Å². The van der Waals surface area contributed by atoms with Crippen LogP contribution in [0.2, 0.25) is 0 Å². The van der Waals surface area contributed by atoms with Gasteiger partial charge in [-0.1, -0.05) is 13.8 Å². The highest BCUT2D eigenvalue weighted by molar-refractivity contribution is 5.77. The zero-order valence-electron chi connectivity index (χ0n) is 10.4. The van der Waals surface area contributed by atoms with Gasteiger partial charge in [-0.05, 0) is 42.7 Å². The molecule has 2 unspecified atom stereocenters. The molecule has 0 aliphatic heterocycles. The molecular formula is C14H19NO2. The molecule has 1 fully saturated rings. The van der Waals surface area contributed by atoms with Gasteiger partial charge in [0.25, 0.3) is 0 Å². The van der Waals surface area contributed by atoms with Crippen LogP contribution in [0.1, 0.15) is 49.6 Å². The van der Waals surface area contributed by atoms with Crippen LogP contribution in [0, 0.1) is 11.3 Å². The maximum Gasteiger partial charge on any atom is 0.307 e. The fourth-order valence-electron chi connectivity index (χ4n) is 3.48. The first-order chi connectivity index (χ1) is 8.01. The van der Waals surface area contributed by atoms with Gasteiger partial charge in [-0.2, -0.15) is 0 Å². The molecular weight excluding hydrogens is 214 g/mol. The van der Waals surface area contributed by atoms with Gasteiger partial charge in [-0.3, -0.25) is 4.79 Å². The number of rotatable bonds is 2. The molecule has 0 bridgehead atoms. The Hall–Kier alpha value is -1.25. The minimum absolute atomic E-state index is 0.0979. The number of hydrogen-bond acceptors (Lipinski definition) is 1. The number of aliphatic carboxylic acids is 1. The van der Waals surface area contributed by atoms with E-state index in [0.717, 1.165) is 18.5 Å². The van der Waals surface area contributed by atoms with E-state index in [4.69, 9.17) is 0 Å². The smallest absolute Gasteiger partial charge is 0.307 e. The highest BCUT2D eigenvalue weighted by atomic mass is 16.4. The number of aromatic nitrogens is 1. The van der Waals surface area contributed by atoms with E-state index in [9.17, 15) is 9.90 Å². The number of aromatic amines is 1. The van der Waals surface area contributed by atoms with E-state index in [-0.39, 0.29) is 17.3 Å². The zero-order valence-corrected chi connectivity index (χ0v) is 10.4. The Balaban J connectivity index is 1.91. The molecule has 0 spiro atoms. The van der Waals surface area contributed by atoms with E-state index in [0.29, 0.717) is 0 Å². The van der Waals surface area contributed by atoms with Crippen LogP contribution in [0.25, 0.3) is 0 Å². The van der Waals surface area contributed by atoms with Crippen LogP contribution in [0.4, 0.5) is 0 Å². The zero-order chi connectivity index (χ0) is 12.2. The van der Waals surface area contributed by atoms with Crippen LogP contribution < -0.4 is 0 Å². The first-order valence-electron chi connectivity index (χ1n) is 6.45. The summed E-state index contributed by atoms with van der Waals surface area (Å²) >= 11 is 0. The summed E-state index contributed by atoms with van der Waals surface area (Å²) in [5, 5.41) is 9.21. The minimum atomic E-state index is -0.660. The van der Waals surface area contributed by atoms with Gasteiger partial charge in [-0.15, -0.1) is 0 Å². The average molecular weight is 233 g/mol. The molecule has 2 aliphatic rings. The molecule has 2 atom stereocenters. The third kappa shape index (κ3) is 1.52. The summed E-state index contributed by atoms with van der Waals surface area (Å²) in [4.78, 5) is 14.7. The molecule has 1 aromatic rings. The highest BCUT2D eigenvalue weighted by Gasteiger charge is 2.63. The van der Waals surface area contributed by atoms with Gasteiger partial charge in [-0.25, -0.2) is 0 Å². The molecule has 3 nitrogen and oxygen atoms in total. The molecule has 3 heteroatoms. The molecule has 1 saturated carbocycles. The number of H-pyrrole nitrogens is 1. The van der Waals surface area contributed by atoms with E-state index < -0.39 is 5.97 Å². The van der Waals surface area contributed by atoms with Gasteiger partial charge in [0.15, 0.2) is 0 Å². The van der Waals surface area contributed by atoms with E-state index >= 15 is 0 Å². The van der Waals surface area contributed by atoms with Crippen LogP contribution in [-0.4, -0.2) is 16.1 Å². The second-order valence-corrected chi connectivity index (χ2v) is 6.05. The third-order valence-corrected chi connectivity index (χ3v) is 4.56. The first kappa shape index (κ1) is 10.9. The monoisotopic (exact) mass is 233 g/mol. The lowest BCUT2D eigenvalue weighted by Crippen LogP contribution is -2.03. The van der Waals surface area contributed by atoms with Crippen LogP contribution >= 0.6 is 0 Å². The fraction of sp³-hybridized carbons (Fsp3) is 0.643. The molecule has 92 valence electrons. The largest absolute Gasteiger partial charge is 0.481 e. The van der Waals surface area contributed by atoms with Gasteiger partial charge in [0, 0.05) is 17.3 Å². The summed E-state index contributed by atoms with van der Waals surface area (Å²) in [6, 6.07) is 2.21. The average Bonchev–Trinajstić information content (AvgIpc) is 2.68. The van der Waals surface area contributed by atoms with Crippen molar-refractivity contribution in [3.8, 4) is 0 Å². The standard InChI is InChI=1S/C14H19NO2/c1-14(2)11(12(14)13(16)17)10-7-8-5-3-4-6-9(8)15-10/h7,11-12,15H,3-6H2,1-2H3,(H,16,17). The number of carboxylic acid groups (broad SMARTS) is 1. The number of fused-ring (bicyclic) bond motifs is 1.